The molecule has 0 aliphatic heterocycles. The second-order valence-electron chi connectivity index (χ2n) is 8.33. The van der Waals surface area contributed by atoms with E-state index < -0.39 is 22.0 Å². The average Bonchev–Trinajstić information content (AvgIpc) is 3.37. The Morgan fingerprint density at radius 2 is 1.52 bits per heavy atom. The molecule has 3 N–H and O–H groups in total. The van der Waals surface area contributed by atoms with E-state index in [4.69, 9.17) is 0 Å². The van der Waals surface area contributed by atoms with Crippen molar-refractivity contribution in [1.82, 2.24) is 15.6 Å². The number of fused-ring (bicyclic) bond motifs is 1. The minimum absolute atomic E-state index is 0.0713. The molecule has 4 rings (SSSR count). The first-order valence-electron chi connectivity index (χ1n) is 11.1. The SMILES string of the molecule is O=C(NNC(=O)C(Cc1ccccc1)NS(=O)(=O)c1ccc2ccccc2c1)C1CCCC1. The summed E-state index contributed by atoms with van der Waals surface area (Å²) in [5.41, 5.74) is 5.68. The number of carbonyl (C=O) groups is 2. The summed E-state index contributed by atoms with van der Waals surface area (Å²) in [4.78, 5) is 25.3. The van der Waals surface area contributed by atoms with E-state index in [1.165, 1.54) is 6.07 Å². The highest BCUT2D eigenvalue weighted by molar-refractivity contribution is 7.89. The lowest BCUT2D eigenvalue weighted by Crippen LogP contribution is -2.53. The molecule has 172 valence electrons. The molecule has 8 heteroatoms. The Morgan fingerprint density at radius 3 is 2.24 bits per heavy atom. The fraction of sp³-hybridized carbons (Fsp3) is 0.280. The molecule has 0 spiro atoms. The van der Waals surface area contributed by atoms with E-state index in [-0.39, 0.29) is 23.1 Å². The highest BCUT2D eigenvalue weighted by Gasteiger charge is 2.28. The molecule has 1 aliphatic carbocycles. The van der Waals surface area contributed by atoms with Crippen LogP contribution in [0.3, 0.4) is 0 Å². The summed E-state index contributed by atoms with van der Waals surface area (Å²) in [6, 6.07) is 20.3. The second-order valence-corrected chi connectivity index (χ2v) is 10.0. The highest BCUT2D eigenvalue weighted by atomic mass is 32.2. The van der Waals surface area contributed by atoms with Gasteiger partial charge >= 0.3 is 0 Å². The molecule has 0 radical (unpaired) electrons. The van der Waals surface area contributed by atoms with E-state index in [2.05, 4.69) is 15.6 Å². The first-order chi connectivity index (χ1) is 15.9. The lowest BCUT2D eigenvalue weighted by atomic mass is 10.1. The maximum atomic E-state index is 13.1. The van der Waals surface area contributed by atoms with Gasteiger partial charge < -0.3 is 0 Å². The van der Waals surface area contributed by atoms with Gasteiger partial charge in [-0.05, 0) is 47.7 Å². The van der Waals surface area contributed by atoms with Crippen molar-refractivity contribution >= 4 is 32.6 Å². The van der Waals surface area contributed by atoms with E-state index in [0.29, 0.717) is 0 Å². The Labute approximate surface area is 193 Å². The number of benzene rings is 3. The quantitative estimate of drug-likeness (QED) is 0.467. The van der Waals surface area contributed by atoms with E-state index in [1.54, 1.807) is 12.1 Å². The zero-order chi connectivity index (χ0) is 23.3. The Hall–Kier alpha value is -3.23. The van der Waals surface area contributed by atoms with Crippen LogP contribution in [0.25, 0.3) is 10.8 Å². The van der Waals surface area contributed by atoms with Crippen LogP contribution in [0.2, 0.25) is 0 Å². The molecule has 0 bridgehead atoms. The van der Waals surface area contributed by atoms with Gasteiger partial charge in [-0.1, -0.05) is 73.5 Å². The van der Waals surface area contributed by atoms with Crippen molar-refractivity contribution in [3.05, 3.63) is 78.4 Å². The first-order valence-corrected chi connectivity index (χ1v) is 12.6. The van der Waals surface area contributed by atoms with Gasteiger partial charge in [0, 0.05) is 5.92 Å². The molecule has 1 aliphatic rings. The third-order valence-corrected chi connectivity index (χ3v) is 7.43. The maximum Gasteiger partial charge on any atom is 0.256 e. The monoisotopic (exact) mass is 465 g/mol. The lowest BCUT2D eigenvalue weighted by Gasteiger charge is -2.20. The van der Waals surface area contributed by atoms with Gasteiger partial charge in [-0.3, -0.25) is 20.4 Å². The van der Waals surface area contributed by atoms with Gasteiger partial charge in [0.15, 0.2) is 0 Å². The van der Waals surface area contributed by atoms with Crippen LogP contribution < -0.4 is 15.6 Å². The summed E-state index contributed by atoms with van der Waals surface area (Å²) in [5, 5.41) is 1.71. The van der Waals surface area contributed by atoms with Gasteiger partial charge in [0.1, 0.15) is 6.04 Å². The van der Waals surface area contributed by atoms with Crippen molar-refractivity contribution in [2.75, 3.05) is 0 Å². The molecule has 7 nitrogen and oxygen atoms in total. The summed E-state index contributed by atoms with van der Waals surface area (Å²) < 4.78 is 28.8. The van der Waals surface area contributed by atoms with Gasteiger partial charge in [0.2, 0.25) is 15.9 Å². The molecule has 3 aromatic rings. The molecule has 3 aromatic carbocycles. The van der Waals surface area contributed by atoms with Crippen molar-refractivity contribution in [2.45, 2.75) is 43.0 Å². The number of hydrazine groups is 1. The molecule has 0 aromatic heterocycles. The zero-order valence-corrected chi connectivity index (χ0v) is 19.0. The molecule has 1 atom stereocenters. The van der Waals surface area contributed by atoms with Crippen molar-refractivity contribution in [3.8, 4) is 0 Å². The smallest absolute Gasteiger partial charge is 0.256 e. The van der Waals surface area contributed by atoms with E-state index in [1.807, 2.05) is 54.6 Å². The zero-order valence-electron chi connectivity index (χ0n) is 18.2. The van der Waals surface area contributed by atoms with Crippen LogP contribution >= 0.6 is 0 Å². The van der Waals surface area contributed by atoms with E-state index in [9.17, 15) is 18.0 Å². The summed E-state index contributed by atoms with van der Waals surface area (Å²) in [5.74, 6) is -0.974. The first kappa shape index (κ1) is 22.9. The fourth-order valence-electron chi connectivity index (χ4n) is 4.13. The average molecular weight is 466 g/mol. The molecule has 33 heavy (non-hydrogen) atoms. The number of nitrogens with one attached hydrogen (secondary N) is 3. The van der Waals surface area contributed by atoms with Gasteiger partial charge in [0.05, 0.1) is 4.90 Å². The minimum Gasteiger partial charge on any atom is -0.273 e. The highest BCUT2D eigenvalue weighted by Crippen LogP contribution is 2.24. The topological polar surface area (TPSA) is 104 Å². The predicted octanol–water partition coefficient (Wildman–Crippen LogP) is 3.07. The Bertz CT molecular complexity index is 1240. The Balaban J connectivity index is 1.52. The standard InChI is InChI=1S/C25H27N3O4S/c29-24(20-11-5-6-12-20)26-27-25(30)23(16-18-8-2-1-3-9-18)28-33(31,32)22-15-14-19-10-4-7-13-21(19)17-22/h1-4,7-10,13-15,17,20,23,28H,5-6,11-12,16H2,(H,26,29)(H,27,30). The summed E-state index contributed by atoms with van der Waals surface area (Å²) in [6.45, 7) is 0. The largest absolute Gasteiger partial charge is 0.273 e. The number of amides is 2. The van der Waals surface area contributed by atoms with Crippen LogP contribution in [-0.2, 0) is 26.0 Å². The van der Waals surface area contributed by atoms with Crippen molar-refractivity contribution in [2.24, 2.45) is 5.92 Å². The molecule has 1 saturated carbocycles. The van der Waals surface area contributed by atoms with Gasteiger partial charge in [-0.2, -0.15) is 4.72 Å². The predicted molar refractivity (Wildman–Crippen MR) is 126 cm³/mol. The number of hydrogen-bond donors (Lipinski definition) is 3. The van der Waals surface area contributed by atoms with Crippen LogP contribution in [-0.4, -0.2) is 26.3 Å². The lowest BCUT2D eigenvalue weighted by molar-refractivity contribution is -0.131. The van der Waals surface area contributed by atoms with Crippen LogP contribution in [0.1, 0.15) is 31.2 Å². The molecule has 0 saturated heterocycles. The third kappa shape index (κ3) is 5.77. The maximum absolute atomic E-state index is 13.1. The van der Waals surface area contributed by atoms with Gasteiger partial charge in [0.25, 0.3) is 5.91 Å². The van der Waals surface area contributed by atoms with Crippen LogP contribution in [0, 0.1) is 5.92 Å². The number of carbonyl (C=O) groups excluding carboxylic acids is 2. The van der Waals surface area contributed by atoms with E-state index >= 15 is 0 Å². The minimum atomic E-state index is -3.99. The summed E-state index contributed by atoms with van der Waals surface area (Å²) in [6.07, 6.45) is 3.72. The van der Waals surface area contributed by atoms with Gasteiger partial charge in [-0.15, -0.1) is 0 Å². The molecule has 1 fully saturated rings. The van der Waals surface area contributed by atoms with Crippen LogP contribution in [0.4, 0.5) is 0 Å². The molecule has 1 unspecified atom stereocenters. The second kappa shape index (κ2) is 10.1. The normalized spacial score (nSPS) is 15.3. The number of hydrogen-bond acceptors (Lipinski definition) is 4. The fourth-order valence-corrected chi connectivity index (χ4v) is 5.36. The molecular weight excluding hydrogens is 438 g/mol. The summed E-state index contributed by atoms with van der Waals surface area (Å²) >= 11 is 0. The van der Waals surface area contributed by atoms with E-state index in [0.717, 1.165) is 42.0 Å². The Kier molecular flexibility index (Phi) is 7.05. The molecular formula is C25H27N3O4S. The number of sulfonamides is 1. The third-order valence-electron chi connectivity index (χ3n) is 5.96. The Morgan fingerprint density at radius 1 is 0.848 bits per heavy atom. The molecule has 2 amide bonds. The van der Waals surface area contributed by atoms with Crippen LogP contribution in [0.15, 0.2) is 77.7 Å². The van der Waals surface area contributed by atoms with Crippen molar-refractivity contribution < 1.29 is 18.0 Å². The van der Waals surface area contributed by atoms with Crippen molar-refractivity contribution in [3.63, 3.8) is 0 Å². The molecule has 0 heterocycles. The number of rotatable bonds is 7. The van der Waals surface area contributed by atoms with Crippen LogP contribution in [0.5, 0.6) is 0 Å². The van der Waals surface area contributed by atoms with Gasteiger partial charge in [-0.25, -0.2) is 8.42 Å². The summed E-state index contributed by atoms with van der Waals surface area (Å²) in [7, 11) is -3.99. The van der Waals surface area contributed by atoms with Crippen molar-refractivity contribution in [1.29, 1.82) is 0 Å².